The number of carbonyl (C=O) groups excluding carboxylic acids is 2. The normalized spacial score (nSPS) is 9.71. The molecule has 7 heteroatoms. The molecular weight excluding hydrogens is 226 g/mol. The number of aliphatic hydroxyl groups is 1. The fourth-order valence-electron chi connectivity index (χ4n) is 1.05. The standard InChI is InChI=1S/C10H13N3O4/c14-5-1-3-12-9(16)10(17)13-7-6-11-4-2-8(7)15/h2,4,6,14H,1,3,5H2,(H,11,15)(H,12,16)(H,13,17). The summed E-state index contributed by atoms with van der Waals surface area (Å²) in [6.45, 7) is 0.133. The first kappa shape index (κ1) is 12.9. The summed E-state index contributed by atoms with van der Waals surface area (Å²) in [6, 6.07) is 1.24. The van der Waals surface area contributed by atoms with Crippen molar-refractivity contribution in [3.63, 3.8) is 0 Å². The number of hydrogen-bond acceptors (Lipinski definition) is 4. The minimum Gasteiger partial charge on any atom is -0.396 e. The first-order valence-electron chi connectivity index (χ1n) is 5.02. The Bertz CT molecular complexity index is 455. The molecule has 0 aliphatic carbocycles. The van der Waals surface area contributed by atoms with E-state index in [1.807, 2.05) is 0 Å². The van der Waals surface area contributed by atoms with Gasteiger partial charge < -0.3 is 20.7 Å². The van der Waals surface area contributed by atoms with Gasteiger partial charge in [0.25, 0.3) is 0 Å². The topological polar surface area (TPSA) is 111 Å². The highest BCUT2D eigenvalue weighted by Gasteiger charge is 2.13. The molecule has 1 rings (SSSR count). The van der Waals surface area contributed by atoms with Crippen LogP contribution in [0, 0.1) is 0 Å². The van der Waals surface area contributed by atoms with Gasteiger partial charge in [-0.2, -0.15) is 0 Å². The summed E-state index contributed by atoms with van der Waals surface area (Å²) in [6.07, 6.45) is 3.07. The molecule has 0 atom stereocenters. The van der Waals surface area contributed by atoms with E-state index >= 15 is 0 Å². The van der Waals surface area contributed by atoms with E-state index in [0.717, 1.165) is 0 Å². The minimum absolute atomic E-state index is 0.00908. The maximum atomic E-state index is 11.3. The summed E-state index contributed by atoms with van der Waals surface area (Å²) >= 11 is 0. The Hall–Kier alpha value is -2.15. The molecule has 7 nitrogen and oxygen atoms in total. The summed E-state index contributed by atoms with van der Waals surface area (Å²) in [4.78, 5) is 36.4. The number of H-pyrrole nitrogens is 1. The second-order valence-corrected chi connectivity index (χ2v) is 3.21. The van der Waals surface area contributed by atoms with E-state index < -0.39 is 11.8 Å². The van der Waals surface area contributed by atoms with Crippen molar-refractivity contribution in [3.05, 3.63) is 28.7 Å². The lowest BCUT2D eigenvalue weighted by atomic mass is 10.4. The third-order valence-corrected chi connectivity index (χ3v) is 1.90. The molecule has 1 heterocycles. The molecule has 0 fully saturated rings. The summed E-state index contributed by atoms with van der Waals surface area (Å²) in [7, 11) is 0. The Morgan fingerprint density at radius 2 is 2.12 bits per heavy atom. The van der Waals surface area contributed by atoms with Crippen LogP contribution in [-0.2, 0) is 9.59 Å². The summed E-state index contributed by atoms with van der Waals surface area (Å²) in [5, 5.41) is 13.0. The second kappa shape index (κ2) is 6.44. The molecule has 92 valence electrons. The van der Waals surface area contributed by atoms with Crippen molar-refractivity contribution in [2.24, 2.45) is 0 Å². The van der Waals surface area contributed by atoms with E-state index in [9.17, 15) is 14.4 Å². The number of carbonyl (C=O) groups is 2. The molecule has 0 bridgehead atoms. The number of hydrogen-bond donors (Lipinski definition) is 4. The first-order valence-corrected chi connectivity index (χ1v) is 5.02. The third kappa shape index (κ3) is 4.07. The summed E-state index contributed by atoms with van der Waals surface area (Å²) in [5.41, 5.74) is -0.380. The van der Waals surface area contributed by atoms with Gasteiger partial charge in [0.2, 0.25) is 5.43 Å². The number of nitrogens with one attached hydrogen (secondary N) is 3. The zero-order valence-electron chi connectivity index (χ0n) is 9.03. The van der Waals surface area contributed by atoms with Crippen LogP contribution in [0.1, 0.15) is 6.42 Å². The van der Waals surface area contributed by atoms with Crippen LogP contribution in [0.4, 0.5) is 5.69 Å². The third-order valence-electron chi connectivity index (χ3n) is 1.90. The lowest BCUT2D eigenvalue weighted by Crippen LogP contribution is -2.37. The summed E-state index contributed by atoms with van der Waals surface area (Å²) < 4.78 is 0. The number of anilines is 1. The molecule has 0 unspecified atom stereocenters. The van der Waals surface area contributed by atoms with Crippen LogP contribution in [0.2, 0.25) is 0 Å². The Morgan fingerprint density at radius 1 is 1.35 bits per heavy atom. The number of pyridine rings is 1. The van der Waals surface area contributed by atoms with E-state index in [4.69, 9.17) is 5.11 Å². The van der Waals surface area contributed by atoms with Crippen molar-refractivity contribution in [1.82, 2.24) is 10.3 Å². The molecule has 2 amide bonds. The Balaban J connectivity index is 2.52. The van der Waals surface area contributed by atoms with Crippen molar-refractivity contribution in [3.8, 4) is 0 Å². The molecule has 0 aromatic carbocycles. The number of aliphatic hydroxyl groups excluding tert-OH is 1. The van der Waals surface area contributed by atoms with E-state index in [-0.39, 0.29) is 24.3 Å². The fourth-order valence-corrected chi connectivity index (χ4v) is 1.05. The maximum Gasteiger partial charge on any atom is 0.313 e. The quantitative estimate of drug-likeness (QED) is 0.391. The van der Waals surface area contributed by atoms with Gasteiger partial charge in [0.15, 0.2) is 0 Å². The molecular formula is C10H13N3O4. The van der Waals surface area contributed by atoms with Crippen molar-refractivity contribution in [2.75, 3.05) is 18.5 Å². The van der Waals surface area contributed by atoms with Gasteiger partial charge in [-0.05, 0) is 6.42 Å². The SMILES string of the molecule is O=C(NCCCO)C(=O)Nc1c[nH]ccc1=O. The number of aromatic amines is 1. The van der Waals surface area contributed by atoms with Crippen LogP contribution in [0.5, 0.6) is 0 Å². The predicted molar refractivity (Wildman–Crippen MR) is 60.4 cm³/mol. The van der Waals surface area contributed by atoms with Gasteiger partial charge in [0, 0.05) is 31.6 Å². The number of aromatic nitrogens is 1. The van der Waals surface area contributed by atoms with Crippen LogP contribution in [0.25, 0.3) is 0 Å². The highest BCUT2D eigenvalue weighted by Crippen LogP contribution is 1.94. The average molecular weight is 239 g/mol. The highest BCUT2D eigenvalue weighted by atomic mass is 16.3. The molecule has 0 aliphatic rings. The Labute approximate surface area is 96.9 Å². The van der Waals surface area contributed by atoms with Crippen molar-refractivity contribution in [1.29, 1.82) is 0 Å². The van der Waals surface area contributed by atoms with Crippen LogP contribution in [0.3, 0.4) is 0 Å². The van der Waals surface area contributed by atoms with Gasteiger partial charge in [0.05, 0.1) is 0 Å². The molecule has 1 aromatic heterocycles. The van der Waals surface area contributed by atoms with E-state index in [1.54, 1.807) is 0 Å². The largest absolute Gasteiger partial charge is 0.396 e. The highest BCUT2D eigenvalue weighted by molar-refractivity contribution is 6.39. The Morgan fingerprint density at radius 3 is 2.76 bits per heavy atom. The lowest BCUT2D eigenvalue weighted by Gasteiger charge is -2.04. The summed E-state index contributed by atoms with van der Waals surface area (Å²) in [5.74, 6) is -1.76. The van der Waals surface area contributed by atoms with Crippen molar-refractivity contribution < 1.29 is 14.7 Å². The second-order valence-electron chi connectivity index (χ2n) is 3.21. The molecule has 1 aromatic rings. The zero-order valence-corrected chi connectivity index (χ0v) is 9.03. The van der Waals surface area contributed by atoms with Crippen molar-refractivity contribution >= 4 is 17.5 Å². The first-order chi connectivity index (χ1) is 8.15. The van der Waals surface area contributed by atoms with E-state index in [2.05, 4.69) is 15.6 Å². The molecule has 0 saturated heterocycles. The minimum atomic E-state index is -0.917. The molecule has 0 aliphatic heterocycles. The predicted octanol–water partition coefficient (Wildman–Crippen LogP) is -1.19. The smallest absolute Gasteiger partial charge is 0.313 e. The van der Waals surface area contributed by atoms with Gasteiger partial charge >= 0.3 is 11.8 Å². The molecule has 17 heavy (non-hydrogen) atoms. The van der Waals surface area contributed by atoms with Gasteiger partial charge in [-0.1, -0.05) is 0 Å². The van der Waals surface area contributed by atoms with Gasteiger partial charge in [-0.3, -0.25) is 14.4 Å². The van der Waals surface area contributed by atoms with Crippen LogP contribution in [-0.4, -0.2) is 35.1 Å². The van der Waals surface area contributed by atoms with Crippen molar-refractivity contribution in [2.45, 2.75) is 6.42 Å². The monoisotopic (exact) mass is 239 g/mol. The van der Waals surface area contributed by atoms with Crippen LogP contribution in [0.15, 0.2) is 23.3 Å². The maximum absolute atomic E-state index is 11.3. The number of amides is 2. The molecule has 0 spiro atoms. The van der Waals surface area contributed by atoms with E-state index in [0.29, 0.717) is 6.42 Å². The number of rotatable bonds is 4. The van der Waals surface area contributed by atoms with Crippen LogP contribution < -0.4 is 16.1 Å². The average Bonchev–Trinajstić information content (AvgIpc) is 2.32. The van der Waals surface area contributed by atoms with Gasteiger partial charge in [-0.25, -0.2) is 0 Å². The van der Waals surface area contributed by atoms with Gasteiger partial charge in [0.1, 0.15) is 5.69 Å². The molecule has 4 N–H and O–H groups in total. The molecule has 0 radical (unpaired) electrons. The Kier molecular flexibility index (Phi) is 4.89. The van der Waals surface area contributed by atoms with E-state index in [1.165, 1.54) is 18.5 Å². The van der Waals surface area contributed by atoms with Crippen LogP contribution >= 0.6 is 0 Å². The fraction of sp³-hybridized carbons (Fsp3) is 0.300. The lowest BCUT2D eigenvalue weighted by molar-refractivity contribution is -0.136. The van der Waals surface area contributed by atoms with Gasteiger partial charge in [-0.15, -0.1) is 0 Å². The zero-order chi connectivity index (χ0) is 12.7. The molecule has 0 saturated carbocycles.